The number of hydrogen-bond acceptors (Lipinski definition) is 3. The second-order valence-electron chi connectivity index (χ2n) is 3.56. The molecule has 0 aliphatic rings. The Balaban J connectivity index is 3.37. The number of nitrogens with one attached hydrogen (secondary N) is 1. The van der Waals surface area contributed by atoms with E-state index in [4.69, 9.17) is 18.0 Å². The molecule has 0 bridgehead atoms. The number of hydrogen-bond donors (Lipinski definition) is 2. The van der Waals surface area contributed by atoms with Crippen molar-refractivity contribution in [1.82, 2.24) is 14.8 Å². The lowest BCUT2D eigenvalue weighted by molar-refractivity contribution is -0.125. The first kappa shape index (κ1) is 10.9. The zero-order valence-corrected chi connectivity index (χ0v) is 9.31. The summed E-state index contributed by atoms with van der Waals surface area (Å²) in [6.07, 6.45) is 0.698. The number of rotatable bonds is 3. The molecule has 1 amide bonds. The summed E-state index contributed by atoms with van der Waals surface area (Å²) in [5.41, 5.74) is 4.47. The van der Waals surface area contributed by atoms with Gasteiger partial charge in [-0.05, 0) is 26.1 Å². The molecule has 1 aromatic heterocycles. The molecule has 0 radical (unpaired) electrons. The predicted molar refractivity (Wildman–Crippen MR) is 55.3 cm³/mol. The van der Waals surface area contributed by atoms with Crippen LogP contribution in [0.15, 0.2) is 0 Å². The topological polar surface area (TPSA) is 76.7 Å². The fourth-order valence-corrected chi connectivity index (χ4v) is 1.63. The van der Waals surface area contributed by atoms with Crippen LogP contribution in [0.25, 0.3) is 0 Å². The van der Waals surface area contributed by atoms with Gasteiger partial charge >= 0.3 is 0 Å². The van der Waals surface area contributed by atoms with E-state index in [9.17, 15) is 4.79 Å². The largest absolute Gasteiger partial charge is 0.368 e. The first-order valence-electron chi connectivity index (χ1n) is 4.38. The Morgan fingerprint density at radius 2 is 2.29 bits per heavy atom. The second kappa shape index (κ2) is 3.53. The normalized spacial score (nSPS) is 11.6. The maximum Gasteiger partial charge on any atom is 0.243 e. The van der Waals surface area contributed by atoms with Gasteiger partial charge < -0.3 is 5.73 Å². The molecular weight excluding hydrogens is 200 g/mol. The first-order chi connectivity index (χ1) is 6.41. The fraction of sp³-hybridized carbons (Fsp3) is 0.625. The Morgan fingerprint density at radius 1 is 1.71 bits per heavy atom. The number of H-pyrrole nitrogens is 1. The van der Waals surface area contributed by atoms with E-state index in [-0.39, 0.29) is 0 Å². The van der Waals surface area contributed by atoms with Crippen LogP contribution in [-0.2, 0) is 16.8 Å². The minimum atomic E-state index is -0.838. The van der Waals surface area contributed by atoms with Crippen molar-refractivity contribution >= 4 is 18.1 Å². The molecule has 0 aliphatic heterocycles. The highest BCUT2D eigenvalue weighted by molar-refractivity contribution is 7.71. The van der Waals surface area contributed by atoms with Gasteiger partial charge in [0, 0.05) is 6.42 Å². The van der Waals surface area contributed by atoms with E-state index in [1.165, 1.54) is 0 Å². The molecule has 0 atom stereocenters. The quantitative estimate of drug-likeness (QED) is 0.728. The zero-order chi connectivity index (χ0) is 10.9. The van der Waals surface area contributed by atoms with Gasteiger partial charge in [-0.3, -0.25) is 14.5 Å². The van der Waals surface area contributed by atoms with Gasteiger partial charge in [0.1, 0.15) is 11.4 Å². The van der Waals surface area contributed by atoms with Crippen LogP contribution in [0, 0.1) is 4.77 Å². The summed E-state index contributed by atoms with van der Waals surface area (Å²) < 4.78 is 2.08. The lowest BCUT2D eigenvalue weighted by Gasteiger charge is -2.23. The second-order valence-corrected chi connectivity index (χ2v) is 3.94. The van der Waals surface area contributed by atoms with Crippen LogP contribution in [0.5, 0.6) is 0 Å². The third-order valence-corrected chi connectivity index (χ3v) is 2.49. The van der Waals surface area contributed by atoms with Crippen molar-refractivity contribution in [3.05, 3.63) is 10.6 Å². The highest BCUT2D eigenvalue weighted by Gasteiger charge is 2.30. The highest BCUT2D eigenvalue weighted by atomic mass is 32.1. The SMILES string of the molecule is CCc1n[nH]c(=S)n1C(C)(C)C(N)=O. The number of aromatic amines is 1. The number of nitrogens with zero attached hydrogens (tertiary/aromatic N) is 2. The van der Waals surface area contributed by atoms with E-state index < -0.39 is 11.4 Å². The van der Waals surface area contributed by atoms with E-state index in [0.29, 0.717) is 11.2 Å². The lowest BCUT2D eigenvalue weighted by atomic mass is 10.0. The average Bonchev–Trinajstić information content (AvgIpc) is 2.46. The van der Waals surface area contributed by atoms with Crippen molar-refractivity contribution in [2.24, 2.45) is 5.73 Å². The predicted octanol–water partition coefficient (Wildman–Crippen LogP) is 0.723. The molecule has 0 saturated carbocycles. The van der Waals surface area contributed by atoms with Crippen LogP contribution in [0.4, 0.5) is 0 Å². The van der Waals surface area contributed by atoms with Crippen LogP contribution in [0.1, 0.15) is 26.6 Å². The van der Waals surface area contributed by atoms with Crippen molar-refractivity contribution in [3.63, 3.8) is 0 Å². The van der Waals surface area contributed by atoms with Crippen LogP contribution < -0.4 is 5.73 Å². The summed E-state index contributed by atoms with van der Waals surface area (Å²) in [6, 6.07) is 0. The van der Waals surface area contributed by atoms with E-state index in [2.05, 4.69) is 10.2 Å². The Labute approximate surface area is 87.3 Å². The number of primary amides is 1. The average molecular weight is 214 g/mol. The van der Waals surface area contributed by atoms with Crippen LogP contribution in [-0.4, -0.2) is 20.7 Å². The zero-order valence-electron chi connectivity index (χ0n) is 8.50. The minimum Gasteiger partial charge on any atom is -0.368 e. The smallest absolute Gasteiger partial charge is 0.243 e. The van der Waals surface area contributed by atoms with Gasteiger partial charge in [0.25, 0.3) is 0 Å². The summed E-state index contributed by atoms with van der Waals surface area (Å²) in [6.45, 7) is 5.39. The monoisotopic (exact) mass is 214 g/mol. The maximum atomic E-state index is 11.3. The first-order valence-corrected chi connectivity index (χ1v) is 4.78. The van der Waals surface area contributed by atoms with Gasteiger partial charge in [-0.15, -0.1) is 0 Å². The van der Waals surface area contributed by atoms with Gasteiger partial charge in [0.15, 0.2) is 4.77 Å². The standard InChI is InChI=1S/C8H14N4OS/c1-4-5-10-11-7(14)12(5)8(2,3)6(9)13/h4H2,1-3H3,(H2,9,13)(H,11,14). The summed E-state index contributed by atoms with van der Waals surface area (Å²) in [5, 5.41) is 6.68. The minimum absolute atomic E-state index is 0.422. The fourth-order valence-electron chi connectivity index (χ4n) is 1.25. The van der Waals surface area contributed by atoms with E-state index in [0.717, 1.165) is 5.82 Å². The summed E-state index contributed by atoms with van der Waals surface area (Å²) in [5.74, 6) is 0.309. The van der Waals surface area contributed by atoms with Crippen LogP contribution in [0.2, 0.25) is 0 Å². The Kier molecular flexibility index (Phi) is 2.75. The molecule has 6 heteroatoms. The molecule has 0 fully saturated rings. The Hall–Kier alpha value is -1.17. The van der Waals surface area contributed by atoms with Crippen molar-refractivity contribution in [1.29, 1.82) is 0 Å². The van der Waals surface area contributed by atoms with Gasteiger partial charge in [0.2, 0.25) is 5.91 Å². The molecule has 0 saturated heterocycles. The van der Waals surface area contributed by atoms with Crippen LogP contribution >= 0.6 is 12.2 Å². The van der Waals surface area contributed by atoms with E-state index in [1.54, 1.807) is 18.4 Å². The third-order valence-electron chi connectivity index (χ3n) is 2.22. The molecular formula is C8H14N4OS. The highest BCUT2D eigenvalue weighted by Crippen LogP contribution is 2.17. The Morgan fingerprint density at radius 3 is 2.71 bits per heavy atom. The molecule has 3 N–H and O–H groups in total. The number of carbonyl (C=O) groups excluding carboxylic acids is 1. The molecule has 0 aliphatic carbocycles. The molecule has 1 aromatic rings. The number of carbonyl (C=O) groups is 1. The van der Waals surface area contributed by atoms with Gasteiger partial charge in [-0.25, -0.2) is 0 Å². The molecule has 0 spiro atoms. The van der Waals surface area contributed by atoms with Gasteiger partial charge in [-0.2, -0.15) is 5.10 Å². The summed E-state index contributed by atoms with van der Waals surface area (Å²) in [7, 11) is 0. The van der Waals surface area contributed by atoms with Crippen molar-refractivity contribution in [3.8, 4) is 0 Å². The molecule has 14 heavy (non-hydrogen) atoms. The summed E-state index contributed by atoms with van der Waals surface area (Å²) >= 11 is 5.04. The molecule has 0 aromatic carbocycles. The summed E-state index contributed by atoms with van der Waals surface area (Å²) in [4.78, 5) is 11.3. The molecule has 1 heterocycles. The van der Waals surface area contributed by atoms with Gasteiger partial charge in [-0.1, -0.05) is 6.92 Å². The maximum absolute atomic E-state index is 11.3. The molecule has 0 unspecified atom stereocenters. The number of nitrogens with two attached hydrogens (primary N) is 1. The molecule has 1 rings (SSSR count). The van der Waals surface area contributed by atoms with Crippen LogP contribution in [0.3, 0.4) is 0 Å². The molecule has 78 valence electrons. The number of aryl methyl sites for hydroxylation is 1. The molecule has 5 nitrogen and oxygen atoms in total. The number of aromatic nitrogens is 3. The van der Waals surface area contributed by atoms with Crippen molar-refractivity contribution < 1.29 is 4.79 Å². The van der Waals surface area contributed by atoms with Crippen molar-refractivity contribution in [2.45, 2.75) is 32.7 Å². The lowest BCUT2D eigenvalue weighted by Crippen LogP contribution is -2.42. The van der Waals surface area contributed by atoms with E-state index in [1.807, 2.05) is 6.92 Å². The number of amides is 1. The van der Waals surface area contributed by atoms with Gasteiger partial charge in [0.05, 0.1) is 0 Å². The third kappa shape index (κ3) is 1.57. The van der Waals surface area contributed by atoms with E-state index >= 15 is 0 Å². The van der Waals surface area contributed by atoms with Crippen molar-refractivity contribution in [2.75, 3.05) is 0 Å². The Bertz CT molecular complexity index is 404.